The first-order valence-electron chi connectivity index (χ1n) is 10.2. The van der Waals surface area contributed by atoms with Gasteiger partial charge in [0.15, 0.2) is 0 Å². The highest BCUT2D eigenvalue weighted by Crippen LogP contribution is 2.36. The first-order valence-corrected chi connectivity index (χ1v) is 11.6. The van der Waals surface area contributed by atoms with Crippen molar-refractivity contribution >= 4 is 23.5 Å². The van der Waals surface area contributed by atoms with Crippen LogP contribution < -0.4 is 16.2 Å². The van der Waals surface area contributed by atoms with Crippen LogP contribution in [0.1, 0.15) is 29.3 Å². The van der Waals surface area contributed by atoms with E-state index >= 15 is 0 Å². The van der Waals surface area contributed by atoms with Gasteiger partial charge in [-0.15, -0.1) is 0 Å². The average Bonchev–Trinajstić information content (AvgIpc) is 2.68. The minimum Gasteiger partial charge on any atom is -0.384 e. The Labute approximate surface area is 176 Å². The second-order valence-electron chi connectivity index (χ2n) is 8.37. The Balaban J connectivity index is 1.56. The average molecular weight is 415 g/mol. The second kappa shape index (κ2) is 8.36. The summed E-state index contributed by atoms with van der Waals surface area (Å²) in [7, 11) is 2.08. The molecule has 2 aromatic rings. The number of hydrogen-bond acceptors (Lipinski definition) is 7. The maximum Gasteiger partial charge on any atom is 0.255 e. The van der Waals surface area contributed by atoms with Crippen LogP contribution in [0, 0.1) is 12.8 Å². The van der Waals surface area contributed by atoms with Gasteiger partial charge >= 0.3 is 0 Å². The third-order valence-electron chi connectivity index (χ3n) is 5.95. The van der Waals surface area contributed by atoms with Gasteiger partial charge in [0.05, 0.1) is 0 Å². The summed E-state index contributed by atoms with van der Waals surface area (Å²) in [6.07, 6.45) is 3.23. The molecule has 0 saturated carbocycles. The van der Waals surface area contributed by atoms with Gasteiger partial charge in [0, 0.05) is 67.4 Å². The lowest BCUT2D eigenvalue weighted by atomic mass is 9.83. The van der Waals surface area contributed by atoms with Crippen LogP contribution in [0.15, 0.2) is 23.0 Å². The van der Waals surface area contributed by atoms with Gasteiger partial charge in [0.2, 0.25) is 5.95 Å². The predicted octanol–water partition coefficient (Wildman–Crippen LogP) is 1.95. The summed E-state index contributed by atoms with van der Waals surface area (Å²) in [6.45, 7) is 6.10. The Morgan fingerprint density at radius 3 is 2.86 bits per heavy atom. The first-order chi connectivity index (χ1) is 13.9. The van der Waals surface area contributed by atoms with E-state index in [-0.39, 0.29) is 5.56 Å². The normalized spacial score (nSPS) is 20.8. The van der Waals surface area contributed by atoms with Gasteiger partial charge in [-0.2, -0.15) is 16.7 Å². The molecule has 1 saturated heterocycles. The third-order valence-corrected chi connectivity index (χ3v) is 6.54. The highest BCUT2D eigenvalue weighted by atomic mass is 32.2. The molecule has 1 fully saturated rings. The maximum absolute atomic E-state index is 13.2. The van der Waals surface area contributed by atoms with Crippen molar-refractivity contribution in [3.8, 4) is 0 Å². The van der Waals surface area contributed by atoms with E-state index in [9.17, 15) is 4.79 Å². The molecule has 0 aliphatic carbocycles. The van der Waals surface area contributed by atoms with Crippen LogP contribution >= 0.6 is 11.8 Å². The zero-order valence-electron chi connectivity index (χ0n) is 17.5. The number of nitrogens with two attached hydrogens (primary N) is 1. The molecule has 2 aliphatic rings. The Morgan fingerprint density at radius 2 is 2.10 bits per heavy atom. The van der Waals surface area contributed by atoms with E-state index in [2.05, 4.69) is 39.1 Å². The molecule has 4 rings (SSSR count). The summed E-state index contributed by atoms with van der Waals surface area (Å²) in [4.78, 5) is 26.7. The van der Waals surface area contributed by atoms with Crippen molar-refractivity contribution in [1.82, 2.24) is 19.4 Å². The van der Waals surface area contributed by atoms with Crippen LogP contribution in [0.5, 0.6) is 0 Å². The summed E-state index contributed by atoms with van der Waals surface area (Å²) in [5.41, 5.74) is 9.04. The third kappa shape index (κ3) is 4.28. The number of pyridine rings is 1. The maximum atomic E-state index is 13.2. The van der Waals surface area contributed by atoms with Gasteiger partial charge in [-0.25, -0.2) is 4.98 Å². The van der Waals surface area contributed by atoms with Gasteiger partial charge in [0.1, 0.15) is 5.82 Å². The smallest absolute Gasteiger partial charge is 0.255 e. The van der Waals surface area contributed by atoms with Crippen molar-refractivity contribution < 1.29 is 0 Å². The van der Waals surface area contributed by atoms with Crippen molar-refractivity contribution in [2.45, 2.75) is 32.4 Å². The van der Waals surface area contributed by atoms with Gasteiger partial charge in [-0.05, 0) is 38.6 Å². The fourth-order valence-corrected chi connectivity index (χ4v) is 5.10. The number of anilines is 2. The molecule has 0 amide bonds. The highest BCUT2D eigenvalue weighted by molar-refractivity contribution is 7.98. The number of aromatic nitrogens is 3. The van der Waals surface area contributed by atoms with Gasteiger partial charge in [0.25, 0.3) is 5.56 Å². The number of fused-ring (bicyclic) bond motifs is 4. The lowest BCUT2D eigenvalue weighted by Gasteiger charge is -2.43. The lowest BCUT2D eigenvalue weighted by Crippen LogP contribution is -2.48. The Bertz CT molecular complexity index is 925. The topological polar surface area (TPSA) is 80.3 Å². The molecule has 2 bridgehead atoms. The standard InChI is InChI=1S/C21H30N6OS/c1-14-8-19(22)24-21(23-14)26-10-15-9-17(13-26)18-5-4-16(20(28)27(18)11-15)12-25(2)6-7-29-3/h4-5,8,15,17H,6-7,9-13H2,1-3H3,(H2,22,23,24)/t15-,17+/m0/s1. The highest BCUT2D eigenvalue weighted by Gasteiger charge is 2.36. The van der Waals surface area contributed by atoms with Crippen LogP contribution in [0.4, 0.5) is 11.8 Å². The quantitative estimate of drug-likeness (QED) is 0.774. The molecule has 0 spiro atoms. The predicted molar refractivity (Wildman–Crippen MR) is 120 cm³/mol. The first kappa shape index (κ1) is 20.2. The molecule has 156 valence electrons. The number of piperidine rings is 1. The largest absolute Gasteiger partial charge is 0.384 e. The van der Waals surface area contributed by atoms with E-state index in [4.69, 9.17) is 5.73 Å². The Hall–Kier alpha value is -2.06. The molecular weight excluding hydrogens is 384 g/mol. The number of thioether (sulfide) groups is 1. The number of nitrogens with zero attached hydrogens (tertiary/aromatic N) is 5. The van der Waals surface area contributed by atoms with Crippen molar-refractivity contribution in [3.05, 3.63) is 45.5 Å². The fourth-order valence-electron chi connectivity index (χ4n) is 4.61. The van der Waals surface area contributed by atoms with Crippen LogP contribution in [0.3, 0.4) is 0 Å². The molecule has 0 radical (unpaired) electrons. The van der Waals surface area contributed by atoms with E-state index in [0.29, 0.717) is 30.1 Å². The molecule has 29 heavy (non-hydrogen) atoms. The lowest BCUT2D eigenvalue weighted by molar-refractivity contribution is 0.276. The zero-order valence-corrected chi connectivity index (χ0v) is 18.3. The van der Waals surface area contributed by atoms with Crippen molar-refractivity contribution in [2.24, 2.45) is 5.92 Å². The van der Waals surface area contributed by atoms with Gasteiger partial charge < -0.3 is 20.1 Å². The van der Waals surface area contributed by atoms with E-state index < -0.39 is 0 Å². The number of rotatable bonds is 6. The zero-order chi connectivity index (χ0) is 20.5. The summed E-state index contributed by atoms with van der Waals surface area (Å²) in [5, 5.41) is 0. The summed E-state index contributed by atoms with van der Waals surface area (Å²) in [6, 6.07) is 5.99. The molecule has 0 unspecified atom stereocenters. The van der Waals surface area contributed by atoms with Crippen molar-refractivity contribution in [1.29, 1.82) is 0 Å². The van der Waals surface area contributed by atoms with Crippen molar-refractivity contribution in [2.75, 3.05) is 49.3 Å². The summed E-state index contributed by atoms with van der Waals surface area (Å²) in [5.74, 6) is 3.04. The molecule has 7 nitrogen and oxygen atoms in total. The minimum absolute atomic E-state index is 0.178. The number of hydrogen-bond donors (Lipinski definition) is 1. The van der Waals surface area contributed by atoms with Crippen LogP contribution in [-0.4, -0.2) is 58.1 Å². The van der Waals surface area contributed by atoms with E-state index in [1.807, 2.05) is 29.3 Å². The van der Waals surface area contributed by atoms with Gasteiger partial charge in [-0.3, -0.25) is 4.79 Å². The van der Waals surface area contributed by atoms with Crippen LogP contribution in [0.25, 0.3) is 0 Å². The molecule has 8 heteroatoms. The second-order valence-corrected chi connectivity index (χ2v) is 9.35. The number of nitrogen functional groups attached to an aromatic ring is 1. The van der Waals surface area contributed by atoms with E-state index in [0.717, 1.165) is 55.3 Å². The van der Waals surface area contributed by atoms with E-state index in [1.165, 1.54) is 0 Å². The fraction of sp³-hybridized carbons (Fsp3) is 0.571. The molecule has 4 heterocycles. The molecule has 2 aromatic heterocycles. The molecular formula is C21H30N6OS. The van der Waals surface area contributed by atoms with Crippen LogP contribution in [0.2, 0.25) is 0 Å². The monoisotopic (exact) mass is 414 g/mol. The van der Waals surface area contributed by atoms with Crippen molar-refractivity contribution in [3.63, 3.8) is 0 Å². The SMILES string of the molecule is CSCCN(C)Cc1ccc2n(c1=O)C[C@H]1C[C@@H]2CN(c2nc(C)cc(N)n2)C1. The summed E-state index contributed by atoms with van der Waals surface area (Å²) < 4.78 is 2.03. The molecule has 2 aliphatic heterocycles. The van der Waals surface area contributed by atoms with Gasteiger partial charge in [-0.1, -0.05) is 6.07 Å². The minimum atomic E-state index is 0.178. The number of aryl methyl sites for hydroxylation is 1. The Morgan fingerprint density at radius 1 is 1.28 bits per heavy atom. The molecule has 0 aromatic carbocycles. The Kier molecular flexibility index (Phi) is 5.83. The van der Waals surface area contributed by atoms with E-state index in [1.54, 1.807) is 6.07 Å². The van der Waals surface area contributed by atoms with Crippen LogP contribution in [-0.2, 0) is 13.1 Å². The molecule has 2 N–H and O–H groups in total. The molecule has 2 atom stereocenters. The summed E-state index contributed by atoms with van der Waals surface area (Å²) >= 11 is 1.83.